The molecule has 2 N–H and O–H groups in total. The van der Waals surface area contributed by atoms with Crippen molar-refractivity contribution in [3.8, 4) is 5.75 Å². The van der Waals surface area contributed by atoms with E-state index in [2.05, 4.69) is 26.6 Å². The van der Waals surface area contributed by atoms with E-state index in [1.807, 2.05) is 6.92 Å². The largest absolute Gasteiger partial charge is 0.496 e. The fraction of sp³-hybridized carbons (Fsp3) is 0.222. The zero-order valence-corrected chi connectivity index (χ0v) is 15.1. The highest BCUT2D eigenvalue weighted by atomic mass is 79.9. The van der Waals surface area contributed by atoms with Crippen LogP contribution in [-0.2, 0) is 4.79 Å². The lowest BCUT2D eigenvalue weighted by molar-refractivity contribution is -0.116. The molecule has 2 aromatic carbocycles. The summed E-state index contributed by atoms with van der Waals surface area (Å²) in [4.78, 5) is 24.0. The van der Waals surface area contributed by atoms with Crippen LogP contribution in [0.3, 0.4) is 0 Å². The standard InChI is InChI=1S/C18H19BrN2O3/c1-3-5-17(22)20-13-6-4-7-14(11-13)21-18(23)12-8-9-16(24-2)15(19)10-12/h4,6-11H,3,5H2,1-2H3,(H,20,22)(H,21,23). The number of benzene rings is 2. The van der Waals surface area contributed by atoms with E-state index in [1.54, 1.807) is 49.6 Å². The molecule has 0 aliphatic rings. The number of halogens is 1. The van der Waals surface area contributed by atoms with Crippen molar-refractivity contribution in [3.63, 3.8) is 0 Å². The lowest BCUT2D eigenvalue weighted by atomic mass is 10.2. The molecule has 0 aromatic heterocycles. The highest BCUT2D eigenvalue weighted by Gasteiger charge is 2.10. The fourth-order valence-corrected chi connectivity index (χ4v) is 2.68. The summed E-state index contributed by atoms with van der Waals surface area (Å²) in [5.74, 6) is 0.377. The van der Waals surface area contributed by atoms with Crippen LogP contribution in [0.25, 0.3) is 0 Å². The third-order valence-corrected chi connectivity index (χ3v) is 3.91. The van der Waals surface area contributed by atoms with Crippen LogP contribution < -0.4 is 15.4 Å². The highest BCUT2D eigenvalue weighted by molar-refractivity contribution is 9.10. The molecule has 2 amide bonds. The van der Waals surface area contributed by atoms with Gasteiger partial charge in [0.15, 0.2) is 0 Å². The first-order valence-electron chi connectivity index (χ1n) is 7.58. The van der Waals surface area contributed by atoms with Crippen LogP contribution >= 0.6 is 15.9 Å². The van der Waals surface area contributed by atoms with Gasteiger partial charge in [0, 0.05) is 23.4 Å². The molecule has 6 heteroatoms. The summed E-state index contributed by atoms with van der Waals surface area (Å²) in [6.45, 7) is 1.95. The minimum Gasteiger partial charge on any atom is -0.496 e. The predicted molar refractivity (Wildman–Crippen MR) is 98.6 cm³/mol. The van der Waals surface area contributed by atoms with Crippen LogP contribution in [0.15, 0.2) is 46.9 Å². The van der Waals surface area contributed by atoms with Crippen molar-refractivity contribution in [2.24, 2.45) is 0 Å². The van der Waals surface area contributed by atoms with E-state index in [0.717, 1.165) is 6.42 Å². The maximum absolute atomic E-state index is 12.3. The first-order valence-corrected chi connectivity index (χ1v) is 8.37. The molecule has 0 aliphatic heterocycles. The van der Waals surface area contributed by atoms with Gasteiger partial charge >= 0.3 is 0 Å². The van der Waals surface area contributed by atoms with Crippen LogP contribution in [-0.4, -0.2) is 18.9 Å². The molecule has 2 rings (SSSR count). The molecule has 0 bridgehead atoms. The van der Waals surface area contributed by atoms with Crippen molar-refractivity contribution in [2.45, 2.75) is 19.8 Å². The topological polar surface area (TPSA) is 67.4 Å². The van der Waals surface area contributed by atoms with Gasteiger partial charge < -0.3 is 15.4 Å². The maximum atomic E-state index is 12.3. The fourth-order valence-electron chi connectivity index (χ4n) is 2.14. The predicted octanol–water partition coefficient (Wildman–Crippen LogP) is 4.45. The Hall–Kier alpha value is -2.34. The minimum atomic E-state index is -0.240. The lowest BCUT2D eigenvalue weighted by Crippen LogP contribution is -2.13. The summed E-state index contributed by atoms with van der Waals surface area (Å²) in [5.41, 5.74) is 1.77. The first kappa shape index (κ1) is 18.0. The lowest BCUT2D eigenvalue weighted by Gasteiger charge is -2.10. The molecule has 0 spiro atoms. The van der Waals surface area contributed by atoms with Crippen molar-refractivity contribution in [1.29, 1.82) is 0 Å². The quantitative estimate of drug-likeness (QED) is 0.765. The number of ether oxygens (including phenoxy) is 1. The Morgan fingerprint density at radius 3 is 2.42 bits per heavy atom. The van der Waals surface area contributed by atoms with Crippen LogP contribution in [0.4, 0.5) is 11.4 Å². The van der Waals surface area contributed by atoms with Gasteiger partial charge in [-0.05, 0) is 58.7 Å². The molecule has 0 aliphatic carbocycles. The number of anilines is 2. The monoisotopic (exact) mass is 390 g/mol. The molecule has 0 saturated heterocycles. The average molecular weight is 391 g/mol. The summed E-state index contributed by atoms with van der Waals surface area (Å²) in [6, 6.07) is 12.2. The van der Waals surface area contributed by atoms with Gasteiger partial charge in [0.05, 0.1) is 11.6 Å². The molecule has 0 radical (unpaired) electrons. The van der Waals surface area contributed by atoms with Crippen molar-refractivity contribution in [2.75, 3.05) is 17.7 Å². The molecular formula is C18H19BrN2O3. The van der Waals surface area contributed by atoms with Crippen molar-refractivity contribution in [3.05, 3.63) is 52.5 Å². The molecule has 5 nitrogen and oxygen atoms in total. The zero-order chi connectivity index (χ0) is 17.5. The number of hydrogen-bond donors (Lipinski definition) is 2. The molecule has 0 heterocycles. The van der Waals surface area contributed by atoms with E-state index in [1.165, 1.54) is 0 Å². The average Bonchev–Trinajstić information content (AvgIpc) is 2.55. The summed E-state index contributed by atoms with van der Waals surface area (Å²) in [7, 11) is 1.57. The van der Waals surface area contributed by atoms with E-state index >= 15 is 0 Å². The van der Waals surface area contributed by atoms with E-state index in [4.69, 9.17) is 4.74 Å². The number of hydrogen-bond acceptors (Lipinski definition) is 3. The first-order chi connectivity index (χ1) is 11.5. The van der Waals surface area contributed by atoms with Crippen LogP contribution in [0, 0.1) is 0 Å². The molecule has 0 unspecified atom stereocenters. The number of amides is 2. The third kappa shape index (κ3) is 4.83. The van der Waals surface area contributed by atoms with E-state index in [0.29, 0.717) is 33.6 Å². The zero-order valence-electron chi connectivity index (χ0n) is 13.6. The normalized spacial score (nSPS) is 10.1. The number of nitrogens with one attached hydrogen (secondary N) is 2. The summed E-state index contributed by atoms with van der Waals surface area (Å²) in [5, 5.41) is 5.62. The summed E-state index contributed by atoms with van der Waals surface area (Å²) in [6.07, 6.45) is 1.26. The van der Waals surface area contributed by atoms with Gasteiger partial charge in [-0.25, -0.2) is 0 Å². The van der Waals surface area contributed by atoms with E-state index < -0.39 is 0 Å². The van der Waals surface area contributed by atoms with E-state index in [9.17, 15) is 9.59 Å². The maximum Gasteiger partial charge on any atom is 0.255 e. The Morgan fingerprint density at radius 2 is 1.79 bits per heavy atom. The van der Waals surface area contributed by atoms with Gasteiger partial charge in [-0.2, -0.15) is 0 Å². The highest BCUT2D eigenvalue weighted by Crippen LogP contribution is 2.26. The second-order valence-electron chi connectivity index (χ2n) is 5.18. The molecule has 2 aromatic rings. The van der Waals surface area contributed by atoms with Crippen molar-refractivity contribution >= 4 is 39.1 Å². The van der Waals surface area contributed by atoms with Crippen LogP contribution in [0.5, 0.6) is 5.75 Å². The van der Waals surface area contributed by atoms with Crippen molar-refractivity contribution in [1.82, 2.24) is 0 Å². The second kappa shape index (κ2) is 8.49. The molecule has 0 fully saturated rings. The number of rotatable bonds is 6. The van der Waals surface area contributed by atoms with Gasteiger partial charge in [0.25, 0.3) is 5.91 Å². The third-order valence-electron chi connectivity index (χ3n) is 3.30. The van der Waals surface area contributed by atoms with Gasteiger partial charge in [0.1, 0.15) is 5.75 Å². The number of carbonyl (C=O) groups excluding carboxylic acids is 2. The molecule has 0 saturated carbocycles. The van der Waals surface area contributed by atoms with Crippen LogP contribution in [0.1, 0.15) is 30.1 Å². The Bertz CT molecular complexity index is 747. The van der Waals surface area contributed by atoms with Gasteiger partial charge in [-0.1, -0.05) is 13.0 Å². The summed E-state index contributed by atoms with van der Waals surface area (Å²) < 4.78 is 5.86. The van der Waals surface area contributed by atoms with Gasteiger partial charge in [0.2, 0.25) is 5.91 Å². The molecule has 126 valence electrons. The number of carbonyl (C=O) groups is 2. The Morgan fingerprint density at radius 1 is 1.08 bits per heavy atom. The molecular weight excluding hydrogens is 372 g/mol. The minimum absolute atomic E-state index is 0.0416. The van der Waals surface area contributed by atoms with E-state index in [-0.39, 0.29) is 11.8 Å². The molecule has 24 heavy (non-hydrogen) atoms. The smallest absolute Gasteiger partial charge is 0.255 e. The molecule has 0 atom stereocenters. The van der Waals surface area contributed by atoms with Gasteiger partial charge in [-0.3, -0.25) is 9.59 Å². The Kier molecular flexibility index (Phi) is 6.37. The SMILES string of the molecule is CCCC(=O)Nc1cccc(NC(=O)c2ccc(OC)c(Br)c2)c1. The summed E-state index contributed by atoms with van der Waals surface area (Å²) >= 11 is 3.36. The van der Waals surface area contributed by atoms with Gasteiger partial charge in [-0.15, -0.1) is 0 Å². The Labute approximate surface area is 149 Å². The second-order valence-corrected chi connectivity index (χ2v) is 6.04. The Balaban J connectivity index is 2.09. The van der Waals surface area contributed by atoms with Crippen molar-refractivity contribution < 1.29 is 14.3 Å². The number of methoxy groups -OCH3 is 1. The van der Waals surface area contributed by atoms with Crippen LogP contribution in [0.2, 0.25) is 0 Å².